The Morgan fingerprint density at radius 2 is 1.96 bits per heavy atom. The number of hydrogen-bond donors (Lipinski definition) is 2. The van der Waals surface area contributed by atoms with Gasteiger partial charge in [-0.3, -0.25) is 4.79 Å². The number of imidazole rings is 1. The summed E-state index contributed by atoms with van der Waals surface area (Å²) in [4.78, 5) is 21.1. The van der Waals surface area contributed by atoms with Crippen LogP contribution in [0.1, 0.15) is 17.0 Å². The smallest absolute Gasteiger partial charge is 0.248 e. The quantitative estimate of drug-likeness (QED) is 0.582. The van der Waals surface area contributed by atoms with Crippen LogP contribution >= 0.6 is 0 Å². The highest BCUT2D eigenvalue weighted by Crippen LogP contribution is 2.20. The van der Waals surface area contributed by atoms with Crippen LogP contribution in [-0.4, -0.2) is 36.1 Å². The second kappa shape index (κ2) is 6.64. The molecule has 2 aromatic heterocycles. The van der Waals surface area contributed by atoms with Gasteiger partial charge in [-0.2, -0.15) is 4.80 Å². The standard InChI is InChI=1S/C19H19N7O/c1-11-4-6-15(8-12(11)2)22-18(27)10-26-24-19(23-25-26)14-5-7-16-17(9-14)21-13(3)20-16/h4-9H,10H2,1-3H3,(H,20,21)(H,22,27). The van der Waals surface area contributed by atoms with E-state index in [-0.39, 0.29) is 12.5 Å². The Balaban J connectivity index is 1.48. The van der Waals surface area contributed by atoms with Gasteiger partial charge in [0.05, 0.1) is 11.0 Å². The maximum Gasteiger partial charge on any atom is 0.248 e. The van der Waals surface area contributed by atoms with Crippen molar-refractivity contribution in [1.82, 2.24) is 30.2 Å². The SMILES string of the molecule is Cc1nc2ccc(-c3nnn(CC(=O)Nc4ccc(C)c(C)c4)n3)cc2[nH]1. The van der Waals surface area contributed by atoms with Crippen molar-refractivity contribution in [2.45, 2.75) is 27.3 Å². The zero-order valence-corrected chi connectivity index (χ0v) is 15.3. The fourth-order valence-corrected chi connectivity index (χ4v) is 2.85. The number of rotatable bonds is 4. The topological polar surface area (TPSA) is 101 Å². The van der Waals surface area contributed by atoms with Crippen molar-refractivity contribution in [3.05, 3.63) is 53.3 Å². The second-order valence-electron chi connectivity index (χ2n) is 6.54. The molecule has 4 rings (SSSR count). The first kappa shape index (κ1) is 16.9. The van der Waals surface area contributed by atoms with Gasteiger partial charge in [0.25, 0.3) is 0 Å². The molecule has 0 bridgehead atoms. The number of aromatic nitrogens is 6. The molecule has 0 spiro atoms. The summed E-state index contributed by atoms with van der Waals surface area (Å²) in [6.45, 7) is 5.94. The van der Waals surface area contributed by atoms with Gasteiger partial charge in [-0.25, -0.2) is 4.98 Å². The Bertz CT molecular complexity index is 1140. The molecular formula is C19H19N7O. The summed E-state index contributed by atoms with van der Waals surface area (Å²) in [7, 11) is 0. The Labute approximate surface area is 155 Å². The average Bonchev–Trinajstić information content (AvgIpc) is 3.22. The lowest BCUT2D eigenvalue weighted by atomic mass is 10.1. The fourth-order valence-electron chi connectivity index (χ4n) is 2.85. The van der Waals surface area contributed by atoms with Gasteiger partial charge in [-0.1, -0.05) is 6.07 Å². The van der Waals surface area contributed by atoms with Crippen molar-refractivity contribution in [2.75, 3.05) is 5.32 Å². The molecule has 0 fully saturated rings. The van der Waals surface area contributed by atoms with E-state index in [2.05, 4.69) is 30.7 Å². The highest BCUT2D eigenvalue weighted by molar-refractivity contribution is 5.90. The maximum absolute atomic E-state index is 12.2. The number of anilines is 1. The summed E-state index contributed by atoms with van der Waals surface area (Å²) < 4.78 is 0. The number of hydrogen-bond acceptors (Lipinski definition) is 5. The summed E-state index contributed by atoms with van der Waals surface area (Å²) in [6.07, 6.45) is 0. The lowest BCUT2D eigenvalue weighted by molar-refractivity contribution is -0.117. The molecule has 8 nitrogen and oxygen atoms in total. The minimum absolute atomic E-state index is 0.00860. The molecule has 8 heteroatoms. The number of H-pyrrole nitrogens is 1. The fraction of sp³-hybridized carbons (Fsp3) is 0.211. The number of nitrogens with one attached hydrogen (secondary N) is 2. The van der Waals surface area contributed by atoms with Crippen molar-refractivity contribution in [1.29, 1.82) is 0 Å². The number of amides is 1. The van der Waals surface area contributed by atoms with E-state index < -0.39 is 0 Å². The predicted octanol–water partition coefficient (Wildman–Crippen LogP) is 2.78. The largest absolute Gasteiger partial charge is 0.342 e. The van der Waals surface area contributed by atoms with Crippen LogP contribution in [0.2, 0.25) is 0 Å². The molecule has 0 radical (unpaired) electrons. The molecule has 2 heterocycles. The van der Waals surface area contributed by atoms with Gasteiger partial charge < -0.3 is 10.3 Å². The highest BCUT2D eigenvalue weighted by Gasteiger charge is 2.11. The molecular weight excluding hydrogens is 342 g/mol. The van der Waals surface area contributed by atoms with Crippen LogP contribution in [0.15, 0.2) is 36.4 Å². The first-order valence-electron chi connectivity index (χ1n) is 8.59. The molecule has 0 unspecified atom stereocenters. The highest BCUT2D eigenvalue weighted by atomic mass is 16.2. The summed E-state index contributed by atoms with van der Waals surface area (Å²) in [5.74, 6) is 1.10. The second-order valence-corrected chi connectivity index (χ2v) is 6.54. The molecule has 136 valence electrons. The lowest BCUT2D eigenvalue weighted by Gasteiger charge is -2.07. The van der Waals surface area contributed by atoms with E-state index in [1.54, 1.807) is 0 Å². The summed E-state index contributed by atoms with van der Waals surface area (Å²) in [5.41, 5.74) is 5.67. The molecule has 1 amide bonds. The summed E-state index contributed by atoms with van der Waals surface area (Å²) >= 11 is 0. The zero-order valence-electron chi connectivity index (χ0n) is 15.3. The Kier molecular flexibility index (Phi) is 4.15. The summed E-state index contributed by atoms with van der Waals surface area (Å²) in [5, 5.41) is 15.2. The maximum atomic E-state index is 12.2. The predicted molar refractivity (Wildman–Crippen MR) is 102 cm³/mol. The number of aryl methyl sites for hydroxylation is 3. The van der Waals surface area contributed by atoms with E-state index in [0.29, 0.717) is 5.82 Å². The van der Waals surface area contributed by atoms with Crippen LogP contribution in [0.25, 0.3) is 22.4 Å². The number of nitrogens with zero attached hydrogens (tertiary/aromatic N) is 5. The minimum atomic E-state index is -0.207. The molecule has 2 aromatic carbocycles. The summed E-state index contributed by atoms with van der Waals surface area (Å²) in [6, 6.07) is 11.5. The van der Waals surface area contributed by atoms with Gasteiger partial charge in [-0.05, 0) is 67.4 Å². The molecule has 0 atom stereocenters. The number of aromatic amines is 1. The van der Waals surface area contributed by atoms with Crippen LogP contribution in [0.3, 0.4) is 0 Å². The van der Waals surface area contributed by atoms with Crippen molar-refractivity contribution >= 4 is 22.6 Å². The number of tetrazole rings is 1. The van der Waals surface area contributed by atoms with Gasteiger partial charge in [0, 0.05) is 11.3 Å². The Hall–Kier alpha value is -3.55. The van der Waals surface area contributed by atoms with Gasteiger partial charge in [0.2, 0.25) is 11.7 Å². The molecule has 0 aliphatic heterocycles. The normalized spacial score (nSPS) is 11.1. The van der Waals surface area contributed by atoms with E-state index in [1.165, 1.54) is 10.4 Å². The third-order valence-electron chi connectivity index (χ3n) is 4.39. The van der Waals surface area contributed by atoms with Crippen LogP contribution in [0, 0.1) is 20.8 Å². The molecule has 0 saturated carbocycles. The number of carbonyl (C=O) groups is 1. The third kappa shape index (κ3) is 3.55. The van der Waals surface area contributed by atoms with Crippen LogP contribution in [-0.2, 0) is 11.3 Å². The number of fused-ring (bicyclic) bond motifs is 1. The van der Waals surface area contributed by atoms with Gasteiger partial charge in [-0.15, -0.1) is 10.2 Å². The van der Waals surface area contributed by atoms with Gasteiger partial charge in [0.15, 0.2) is 0 Å². The van der Waals surface area contributed by atoms with E-state index in [9.17, 15) is 4.79 Å². The molecule has 0 saturated heterocycles. The monoisotopic (exact) mass is 361 g/mol. The van der Waals surface area contributed by atoms with Crippen LogP contribution in [0.4, 0.5) is 5.69 Å². The van der Waals surface area contributed by atoms with Crippen molar-refractivity contribution in [3.63, 3.8) is 0 Å². The first-order chi connectivity index (χ1) is 13.0. The van der Waals surface area contributed by atoms with Crippen LogP contribution in [0.5, 0.6) is 0 Å². The molecule has 4 aromatic rings. The van der Waals surface area contributed by atoms with Crippen molar-refractivity contribution in [2.24, 2.45) is 0 Å². The zero-order chi connectivity index (χ0) is 19.0. The lowest BCUT2D eigenvalue weighted by Crippen LogP contribution is -2.20. The van der Waals surface area contributed by atoms with E-state index in [1.807, 2.05) is 57.2 Å². The van der Waals surface area contributed by atoms with Gasteiger partial charge >= 0.3 is 0 Å². The van der Waals surface area contributed by atoms with Crippen molar-refractivity contribution in [3.8, 4) is 11.4 Å². The minimum Gasteiger partial charge on any atom is -0.342 e. The Morgan fingerprint density at radius 3 is 2.78 bits per heavy atom. The van der Waals surface area contributed by atoms with E-state index >= 15 is 0 Å². The molecule has 27 heavy (non-hydrogen) atoms. The number of carbonyl (C=O) groups excluding carboxylic acids is 1. The first-order valence-corrected chi connectivity index (χ1v) is 8.59. The van der Waals surface area contributed by atoms with Gasteiger partial charge in [0.1, 0.15) is 12.4 Å². The Morgan fingerprint density at radius 1 is 1.11 bits per heavy atom. The van der Waals surface area contributed by atoms with Crippen molar-refractivity contribution < 1.29 is 4.79 Å². The number of benzene rings is 2. The van der Waals surface area contributed by atoms with E-state index in [0.717, 1.165) is 33.7 Å². The molecule has 0 aliphatic rings. The van der Waals surface area contributed by atoms with E-state index in [4.69, 9.17) is 0 Å². The third-order valence-corrected chi connectivity index (χ3v) is 4.39. The van der Waals surface area contributed by atoms with Crippen LogP contribution < -0.4 is 5.32 Å². The molecule has 0 aliphatic carbocycles. The average molecular weight is 361 g/mol. The molecule has 2 N–H and O–H groups in total.